The molecule has 0 saturated heterocycles. The zero-order valence-electron chi connectivity index (χ0n) is 10.1. The highest BCUT2D eigenvalue weighted by Crippen LogP contribution is 2.21. The zero-order chi connectivity index (χ0) is 14.5. The average Bonchev–Trinajstić information content (AvgIpc) is 2.85. The van der Waals surface area contributed by atoms with Gasteiger partial charge in [-0.05, 0) is 52.9 Å². The first-order chi connectivity index (χ1) is 9.54. The molecule has 2 N–H and O–H groups in total. The van der Waals surface area contributed by atoms with Gasteiger partial charge in [0, 0.05) is 9.26 Å². The lowest BCUT2D eigenvalue weighted by Gasteiger charge is -2.04. The number of halogens is 1. The van der Waals surface area contributed by atoms with Crippen molar-refractivity contribution in [3.63, 3.8) is 0 Å². The molecule has 104 valence electrons. The number of benzene rings is 1. The Hall–Kier alpha value is -1.48. The van der Waals surface area contributed by atoms with Crippen molar-refractivity contribution in [2.75, 3.05) is 11.1 Å². The van der Waals surface area contributed by atoms with Crippen LogP contribution >= 0.6 is 34.4 Å². The molecule has 2 rings (SSSR count). The van der Waals surface area contributed by atoms with Crippen LogP contribution in [-0.4, -0.2) is 22.7 Å². The molecule has 0 radical (unpaired) electrons. The lowest BCUT2D eigenvalue weighted by Crippen LogP contribution is -2.13. The van der Waals surface area contributed by atoms with Crippen molar-refractivity contribution < 1.29 is 19.1 Å². The van der Waals surface area contributed by atoms with Crippen molar-refractivity contribution >= 4 is 51.9 Å². The van der Waals surface area contributed by atoms with Crippen LogP contribution in [0.3, 0.4) is 0 Å². The van der Waals surface area contributed by atoms with Gasteiger partial charge in [-0.25, -0.2) is 4.79 Å². The SMILES string of the molecule is O=C(CSc1ccc(C(=O)O)o1)Nc1cccc(I)c1. The molecule has 0 bridgehead atoms. The summed E-state index contributed by atoms with van der Waals surface area (Å²) in [6, 6.07) is 10.4. The predicted molar refractivity (Wildman–Crippen MR) is 84.2 cm³/mol. The molecular formula is C13H10INO4S. The molecule has 2 aromatic rings. The number of aromatic carboxylic acids is 1. The fourth-order valence-electron chi connectivity index (χ4n) is 1.41. The molecule has 0 saturated carbocycles. The van der Waals surface area contributed by atoms with Crippen molar-refractivity contribution in [3.8, 4) is 0 Å². The number of thioether (sulfide) groups is 1. The number of rotatable bonds is 5. The summed E-state index contributed by atoms with van der Waals surface area (Å²) in [6.07, 6.45) is 0. The number of hydrogen-bond donors (Lipinski definition) is 2. The molecule has 1 aromatic heterocycles. The highest BCUT2D eigenvalue weighted by molar-refractivity contribution is 14.1. The Labute approximate surface area is 132 Å². The minimum absolute atomic E-state index is 0.134. The van der Waals surface area contributed by atoms with Gasteiger partial charge in [0.05, 0.1) is 5.75 Å². The maximum Gasteiger partial charge on any atom is 0.371 e. The molecule has 1 heterocycles. The first-order valence-electron chi connectivity index (χ1n) is 5.56. The number of hydrogen-bond acceptors (Lipinski definition) is 4. The van der Waals surface area contributed by atoms with E-state index in [1.165, 1.54) is 12.1 Å². The molecule has 0 spiro atoms. The summed E-state index contributed by atoms with van der Waals surface area (Å²) < 4.78 is 6.08. The van der Waals surface area contributed by atoms with Gasteiger partial charge in [-0.2, -0.15) is 0 Å². The predicted octanol–water partition coefficient (Wildman–Crippen LogP) is 3.31. The van der Waals surface area contributed by atoms with E-state index in [1.54, 1.807) is 6.07 Å². The van der Waals surface area contributed by atoms with Crippen LogP contribution in [0, 0.1) is 3.57 Å². The minimum Gasteiger partial charge on any atom is -0.475 e. The van der Waals surface area contributed by atoms with Gasteiger partial charge in [0.1, 0.15) is 0 Å². The maximum atomic E-state index is 11.7. The summed E-state index contributed by atoms with van der Waals surface area (Å²) >= 11 is 3.31. The summed E-state index contributed by atoms with van der Waals surface area (Å²) in [7, 11) is 0. The van der Waals surface area contributed by atoms with E-state index in [0.29, 0.717) is 5.09 Å². The van der Waals surface area contributed by atoms with Crippen LogP contribution in [0.25, 0.3) is 0 Å². The van der Waals surface area contributed by atoms with Gasteiger partial charge in [-0.3, -0.25) is 4.79 Å². The van der Waals surface area contributed by atoms with Crippen LogP contribution in [0.15, 0.2) is 45.9 Å². The number of furan rings is 1. The van der Waals surface area contributed by atoms with E-state index >= 15 is 0 Å². The van der Waals surface area contributed by atoms with Gasteiger partial charge < -0.3 is 14.8 Å². The number of carboxylic acid groups (broad SMARTS) is 1. The Kier molecular flexibility index (Phi) is 5.07. The van der Waals surface area contributed by atoms with Crippen LogP contribution in [0.2, 0.25) is 0 Å². The first-order valence-corrected chi connectivity index (χ1v) is 7.62. The molecule has 0 fully saturated rings. The van der Waals surface area contributed by atoms with Gasteiger partial charge in [0.2, 0.25) is 11.7 Å². The van der Waals surface area contributed by atoms with E-state index in [2.05, 4.69) is 27.9 Å². The number of anilines is 1. The van der Waals surface area contributed by atoms with Crippen molar-refractivity contribution in [1.82, 2.24) is 0 Å². The summed E-state index contributed by atoms with van der Waals surface area (Å²) in [4.78, 5) is 22.4. The van der Waals surface area contributed by atoms with Crippen LogP contribution in [0.1, 0.15) is 10.6 Å². The number of nitrogens with one attached hydrogen (secondary N) is 1. The number of amides is 1. The van der Waals surface area contributed by atoms with Gasteiger partial charge in [0.15, 0.2) is 5.09 Å². The highest BCUT2D eigenvalue weighted by Gasteiger charge is 2.11. The summed E-state index contributed by atoms with van der Waals surface area (Å²) in [5, 5.41) is 11.9. The van der Waals surface area contributed by atoms with Crippen LogP contribution in [0.4, 0.5) is 5.69 Å². The Balaban J connectivity index is 1.87. The van der Waals surface area contributed by atoms with Gasteiger partial charge in [0.25, 0.3) is 0 Å². The van der Waals surface area contributed by atoms with Crippen molar-refractivity contribution in [1.29, 1.82) is 0 Å². The van der Waals surface area contributed by atoms with Crippen molar-refractivity contribution in [3.05, 3.63) is 45.7 Å². The Morgan fingerprint density at radius 1 is 1.30 bits per heavy atom. The van der Waals surface area contributed by atoms with Crippen molar-refractivity contribution in [2.24, 2.45) is 0 Å². The van der Waals surface area contributed by atoms with Crippen LogP contribution in [-0.2, 0) is 4.79 Å². The molecule has 20 heavy (non-hydrogen) atoms. The molecule has 0 atom stereocenters. The van der Waals surface area contributed by atoms with Gasteiger partial charge >= 0.3 is 5.97 Å². The van der Waals surface area contributed by atoms with E-state index in [0.717, 1.165) is 21.0 Å². The minimum atomic E-state index is -1.12. The standard InChI is InChI=1S/C13H10INO4S/c14-8-2-1-3-9(6-8)15-11(16)7-20-12-5-4-10(19-12)13(17)18/h1-6H,7H2,(H,15,16)(H,17,18). The molecule has 7 heteroatoms. The van der Waals surface area contributed by atoms with E-state index < -0.39 is 5.97 Å². The fourth-order valence-corrected chi connectivity index (χ4v) is 2.61. The first kappa shape index (κ1) is 14.9. The monoisotopic (exact) mass is 403 g/mol. The highest BCUT2D eigenvalue weighted by atomic mass is 127. The molecule has 1 amide bonds. The van der Waals surface area contributed by atoms with E-state index in [9.17, 15) is 9.59 Å². The molecular weight excluding hydrogens is 393 g/mol. The molecule has 0 aliphatic rings. The second kappa shape index (κ2) is 6.80. The lowest BCUT2D eigenvalue weighted by molar-refractivity contribution is -0.113. The largest absolute Gasteiger partial charge is 0.475 e. The number of carboxylic acids is 1. The number of carbonyl (C=O) groups excluding carboxylic acids is 1. The third-order valence-corrected chi connectivity index (χ3v) is 3.83. The van der Waals surface area contributed by atoms with Gasteiger partial charge in [-0.15, -0.1) is 0 Å². The third-order valence-electron chi connectivity index (χ3n) is 2.25. The topological polar surface area (TPSA) is 79.5 Å². The summed E-state index contributed by atoms with van der Waals surface area (Å²) in [5.74, 6) is -1.28. The lowest BCUT2D eigenvalue weighted by atomic mass is 10.3. The van der Waals surface area contributed by atoms with E-state index in [-0.39, 0.29) is 17.4 Å². The Morgan fingerprint density at radius 3 is 2.75 bits per heavy atom. The third kappa shape index (κ3) is 4.27. The maximum absolute atomic E-state index is 11.7. The van der Waals surface area contributed by atoms with Gasteiger partial charge in [-0.1, -0.05) is 17.8 Å². The molecule has 5 nitrogen and oxygen atoms in total. The van der Waals surface area contributed by atoms with Crippen LogP contribution < -0.4 is 5.32 Å². The Bertz CT molecular complexity index is 641. The second-order valence-corrected chi connectivity index (χ2v) is 6.00. The summed E-state index contributed by atoms with van der Waals surface area (Å²) in [6.45, 7) is 0. The molecule has 0 aliphatic heterocycles. The molecule has 1 aromatic carbocycles. The molecule has 0 aliphatic carbocycles. The second-order valence-electron chi connectivity index (χ2n) is 3.77. The zero-order valence-corrected chi connectivity index (χ0v) is 13.1. The smallest absolute Gasteiger partial charge is 0.371 e. The molecule has 0 unspecified atom stereocenters. The van der Waals surface area contributed by atoms with Crippen LogP contribution in [0.5, 0.6) is 0 Å². The average molecular weight is 403 g/mol. The van der Waals surface area contributed by atoms with E-state index in [4.69, 9.17) is 9.52 Å². The normalized spacial score (nSPS) is 10.2. The summed E-state index contributed by atoms with van der Waals surface area (Å²) in [5.41, 5.74) is 0.730. The number of carbonyl (C=O) groups is 2. The van der Waals surface area contributed by atoms with E-state index in [1.807, 2.05) is 18.2 Å². The quantitative estimate of drug-likeness (QED) is 0.592. The van der Waals surface area contributed by atoms with Crippen molar-refractivity contribution in [2.45, 2.75) is 5.09 Å². The fraction of sp³-hybridized carbons (Fsp3) is 0.0769. The Morgan fingerprint density at radius 2 is 2.10 bits per heavy atom.